The molecule has 2 rings (SSSR count). The lowest BCUT2D eigenvalue weighted by atomic mass is 10.1. The first-order chi connectivity index (χ1) is 8.13. The van der Waals surface area contributed by atoms with Gasteiger partial charge in [0.25, 0.3) is 0 Å². The fourth-order valence-corrected chi connectivity index (χ4v) is 2.09. The second-order valence-electron chi connectivity index (χ2n) is 4.00. The number of ether oxygens (including phenoxy) is 1. The van der Waals surface area contributed by atoms with Crippen molar-refractivity contribution in [2.45, 2.75) is 12.8 Å². The summed E-state index contributed by atoms with van der Waals surface area (Å²) in [4.78, 5) is 13.0. The van der Waals surface area contributed by atoms with E-state index in [1.165, 1.54) is 19.2 Å². The molecule has 0 atom stereocenters. The molecule has 92 valence electrons. The Morgan fingerprint density at radius 2 is 2.06 bits per heavy atom. The molecule has 1 aromatic rings. The largest absolute Gasteiger partial charge is 0.494 e. The predicted molar refractivity (Wildman–Crippen MR) is 61.4 cm³/mol. The van der Waals surface area contributed by atoms with Crippen LogP contribution in [-0.2, 0) is 0 Å². The molecule has 0 radical (unpaired) electrons. The van der Waals surface area contributed by atoms with Crippen LogP contribution in [0, 0.1) is 5.82 Å². The maximum atomic E-state index is 13.6. The van der Waals surface area contributed by atoms with Crippen molar-refractivity contribution in [1.82, 2.24) is 0 Å². The van der Waals surface area contributed by atoms with Gasteiger partial charge in [0, 0.05) is 19.2 Å². The third-order valence-electron chi connectivity index (χ3n) is 2.95. The van der Waals surface area contributed by atoms with Gasteiger partial charge in [-0.1, -0.05) is 0 Å². The molecule has 0 spiro atoms. The van der Waals surface area contributed by atoms with Crippen LogP contribution in [0.25, 0.3) is 0 Å². The van der Waals surface area contributed by atoms with E-state index in [2.05, 4.69) is 0 Å². The molecule has 17 heavy (non-hydrogen) atoms. The van der Waals surface area contributed by atoms with Gasteiger partial charge in [0.2, 0.25) is 0 Å². The third kappa shape index (κ3) is 2.18. The highest BCUT2D eigenvalue weighted by atomic mass is 19.1. The Bertz CT molecular complexity index is 442. The number of hydrogen-bond donors (Lipinski definition) is 1. The molecule has 1 N–H and O–H groups in total. The standard InChI is InChI=1S/C12H14FNO3/c1-17-11-6-8(12(15)16)10(7-9(11)13)14-4-2-3-5-14/h6-7H,2-5H2,1H3,(H,15,16). The first-order valence-corrected chi connectivity index (χ1v) is 5.49. The summed E-state index contributed by atoms with van der Waals surface area (Å²) in [6.45, 7) is 1.54. The summed E-state index contributed by atoms with van der Waals surface area (Å²) < 4.78 is 18.4. The van der Waals surface area contributed by atoms with Gasteiger partial charge in [-0.05, 0) is 18.9 Å². The normalized spacial score (nSPS) is 15.1. The fourth-order valence-electron chi connectivity index (χ4n) is 2.09. The zero-order valence-electron chi connectivity index (χ0n) is 9.57. The molecule has 0 saturated carbocycles. The van der Waals surface area contributed by atoms with Crippen LogP contribution in [0.5, 0.6) is 5.75 Å². The van der Waals surface area contributed by atoms with Crippen LogP contribution in [0.1, 0.15) is 23.2 Å². The van der Waals surface area contributed by atoms with Crippen molar-refractivity contribution in [1.29, 1.82) is 0 Å². The van der Waals surface area contributed by atoms with Crippen molar-refractivity contribution in [3.8, 4) is 5.75 Å². The molecule has 0 unspecified atom stereocenters. The Kier molecular flexibility index (Phi) is 3.17. The minimum absolute atomic E-state index is 0.0367. The number of anilines is 1. The van der Waals surface area contributed by atoms with Gasteiger partial charge in [-0.15, -0.1) is 0 Å². The lowest BCUT2D eigenvalue weighted by Crippen LogP contribution is -2.21. The van der Waals surface area contributed by atoms with Gasteiger partial charge in [-0.25, -0.2) is 9.18 Å². The zero-order valence-corrected chi connectivity index (χ0v) is 9.57. The maximum Gasteiger partial charge on any atom is 0.337 e. The molecule has 5 heteroatoms. The molecule has 1 aliphatic rings. The lowest BCUT2D eigenvalue weighted by Gasteiger charge is -2.20. The van der Waals surface area contributed by atoms with Crippen molar-refractivity contribution in [2.75, 3.05) is 25.1 Å². The van der Waals surface area contributed by atoms with Crippen LogP contribution in [0.3, 0.4) is 0 Å². The van der Waals surface area contributed by atoms with Crippen LogP contribution >= 0.6 is 0 Å². The Hall–Kier alpha value is -1.78. The third-order valence-corrected chi connectivity index (χ3v) is 2.95. The summed E-state index contributed by atoms with van der Waals surface area (Å²) >= 11 is 0. The van der Waals surface area contributed by atoms with Crippen molar-refractivity contribution in [3.05, 3.63) is 23.5 Å². The first kappa shape index (κ1) is 11.7. The number of nitrogens with zero attached hydrogens (tertiary/aromatic N) is 1. The highest BCUT2D eigenvalue weighted by molar-refractivity contribution is 5.95. The molecule has 1 aliphatic heterocycles. The smallest absolute Gasteiger partial charge is 0.337 e. The topological polar surface area (TPSA) is 49.8 Å². The second-order valence-corrected chi connectivity index (χ2v) is 4.00. The minimum Gasteiger partial charge on any atom is -0.494 e. The van der Waals surface area contributed by atoms with E-state index in [0.717, 1.165) is 25.9 Å². The van der Waals surface area contributed by atoms with Crippen molar-refractivity contribution in [2.24, 2.45) is 0 Å². The van der Waals surface area contributed by atoms with Crippen molar-refractivity contribution in [3.63, 3.8) is 0 Å². The summed E-state index contributed by atoms with van der Waals surface area (Å²) in [6.07, 6.45) is 2.01. The SMILES string of the molecule is COc1cc(C(=O)O)c(N2CCCC2)cc1F. The van der Waals surface area contributed by atoms with Gasteiger partial charge >= 0.3 is 5.97 Å². The summed E-state index contributed by atoms with van der Waals surface area (Å²) in [5.41, 5.74) is 0.526. The number of carbonyl (C=O) groups is 1. The molecule has 4 nitrogen and oxygen atoms in total. The lowest BCUT2D eigenvalue weighted by molar-refractivity contribution is 0.0697. The number of carboxylic acid groups (broad SMARTS) is 1. The van der Waals surface area contributed by atoms with Gasteiger partial charge in [-0.2, -0.15) is 0 Å². The first-order valence-electron chi connectivity index (χ1n) is 5.49. The predicted octanol–water partition coefficient (Wildman–Crippen LogP) is 2.13. The number of aromatic carboxylic acids is 1. The average Bonchev–Trinajstić information content (AvgIpc) is 2.81. The molecule has 1 heterocycles. The maximum absolute atomic E-state index is 13.6. The van der Waals surface area contributed by atoms with Crippen molar-refractivity contribution >= 4 is 11.7 Å². The van der Waals surface area contributed by atoms with Gasteiger partial charge < -0.3 is 14.7 Å². The Balaban J connectivity index is 2.48. The number of halogens is 1. The Labute approximate surface area is 98.6 Å². The summed E-state index contributed by atoms with van der Waals surface area (Å²) in [5, 5.41) is 9.13. The Morgan fingerprint density at radius 3 is 2.59 bits per heavy atom. The van der Waals surface area contributed by atoms with E-state index in [4.69, 9.17) is 9.84 Å². The molecule has 0 bridgehead atoms. The molecule has 0 amide bonds. The van der Waals surface area contributed by atoms with E-state index in [0.29, 0.717) is 5.69 Å². The van der Waals surface area contributed by atoms with E-state index in [1.54, 1.807) is 0 Å². The van der Waals surface area contributed by atoms with Gasteiger partial charge in [0.05, 0.1) is 18.4 Å². The van der Waals surface area contributed by atoms with Crippen LogP contribution in [-0.4, -0.2) is 31.3 Å². The van der Waals surface area contributed by atoms with E-state index >= 15 is 0 Å². The number of carboxylic acids is 1. The van der Waals surface area contributed by atoms with Gasteiger partial charge in [-0.3, -0.25) is 0 Å². The highest BCUT2D eigenvalue weighted by Crippen LogP contribution is 2.30. The summed E-state index contributed by atoms with van der Waals surface area (Å²) in [7, 11) is 1.32. The van der Waals surface area contributed by atoms with E-state index < -0.39 is 11.8 Å². The molecule has 1 saturated heterocycles. The number of rotatable bonds is 3. The quantitative estimate of drug-likeness (QED) is 0.877. The van der Waals surface area contributed by atoms with Crippen LogP contribution in [0.2, 0.25) is 0 Å². The van der Waals surface area contributed by atoms with Gasteiger partial charge in [0.1, 0.15) is 0 Å². The second kappa shape index (κ2) is 4.61. The monoisotopic (exact) mass is 239 g/mol. The zero-order chi connectivity index (χ0) is 12.4. The highest BCUT2D eigenvalue weighted by Gasteiger charge is 2.22. The van der Waals surface area contributed by atoms with E-state index in [-0.39, 0.29) is 11.3 Å². The Morgan fingerprint density at radius 1 is 1.41 bits per heavy atom. The number of benzene rings is 1. The molecule has 1 aromatic carbocycles. The van der Waals surface area contributed by atoms with Crippen LogP contribution < -0.4 is 9.64 Å². The summed E-state index contributed by atoms with van der Waals surface area (Å²) in [6, 6.07) is 2.49. The molecule has 1 fully saturated rings. The number of hydrogen-bond acceptors (Lipinski definition) is 3. The van der Waals surface area contributed by atoms with Gasteiger partial charge in [0.15, 0.2) is 11.6 Å². The van der Waals surface area contributed by atoms with Crippen molar-refractivity contribution < 1.29 is 19.0 Å². The average molecular weight is 239 g/mol. The summed E-state index contributed by atoms with van der Waals surface area (Å²) in [5.74, 6) is -1.63. The minimum atomic E-state index is -1.06. The van der Waals surface area contributed by atoms with E-state index in [1.807, 2.05) is 4.90 Å². The van der Waals surface area contributed by atoms with E-state index in [9.17, 15) is 9.18 Å². The molecule has 0 aliphatic carbocycles. The molecular formula is C12H14FNO3. The fraction of sp³-hybridized carbons (Fsp3) is 0.417. The van der Waals surface area contributed by atoms with Crippen LogP contribution in [0.4, 0.5) is 10.1 Å². The molecule has 0 aromatic heterocycles. The molecular weight excluding hydrogens is 225 g/mol. The van der Waals surface area contributed by atoms with Crippen LogP contribution in [0.15, 0.2) is 12.1 Å². The number of methoxy groups -OCH3 is 1.